The van der Waals surface area contributed by atoms with Crippen LogP contribution in [0.1, 0.15) is 49.8 Å². The zero-order chi connectivity index (χ0) is 20.4. The first-order valence-corrected chi connectivity index (χ1v) is 10.6. The van der Waals surface area contributed by atoms with Crippen LogP contribution in [0.3, 0.4) is 0 Å². The average Bonchev–Trinajstić information content (AvgIpc) is 3.35. The van der Waals surface area contributed by atoms with Gasteiger partial charge in [0.2, 0.25) is 0 Å². The van der Waals surface area contributed by atoms with Crippen molar-refractivity contribution in [1.29, 1.82) is 0 Å². The van der Waals surface area contributed by atoms with Crippen molar-refractivity contribution >= 4 is 27.9 Å². The van der Waals surface area contributed by atoms with Crippen LogP contribution in [0, 0.1) is 0 Å². The zero-order valence-corrected chi connectivity index (χ0v) is 16.8. The Morgan fingerprint density at radius 1 is 1.21 bits per heavy atom. The molecule has 1 aromatic carbocycles. The van der Waals surface area contributed by atoms with E-state index in [1.165, 1.54) is 17.4 Å². The molecule has 1 N–H and O–H groups in total. The molecule has 1 aromatic heterocycles. The van der Waals surface area contributed by atoms with E-state index in [2.05, 4.69) is 21.4 Å². The number of hydrogen-bond acceptors (Lipinski definition) is 5. The molecule has 2 aliphatic rings. The predicted molar refractivity (Wildman–Crippen MR) is 110 cm³/mol. The van der Waals surface area contributed by atoms with Crippen molar-refractivity contribution in [3.63, 3.8) is 0 Å². The Balaban J connectivity index is 1.51. The number of hydrogen-bond donors (Lipinski definition) is 1. The van der Waals surface area contributed by atoms with Crippen LogP contribution < -0.4 is 10.1 Å². The molecule has 4 rings (SSSR count). The van der Waals surface area contributed by atoms with Crippen molar-refractivity contribution in [2.45, 2.75) is 50.8 Å². The second kappa shape index (κ2) is 8.18. The van der Waals surface area contributed by atoms with Gasteiger partial charge < -0.3 is 10.1 Å². The van der Waals surface area contributed by atoms with Crippen LogP contribution in [0.15, 0.2) is 40.7 Å². The van der Waals surface area contributed by atoms with Crippen molar-refractivity contribution in [3.8, 4) is 5.75 Å². The van der Waals surface area contributed by atoms with Crippen molar-refractivity contribution in [2.24, 2.45) is 4.99 Å². The van der Waals surface area contributed by atoms with E-state index in [-0.39, 0.29) is 17.8 Å². The summed E-state index contributed by atoms with van der Waals surface area (Å²) < 4.78 is 46.4. The van der Waals surface area contributed by atoms with Crippen LogP contribution >= 0.6 is 11.3 Å². The second-order valence-corrected chi connectivity index (χ2v) is 8.24. The summed E-state index contributed by atoms with van der Waals surface area (Å²) in [7, 11) is 0. The van der Waals surface area contributed by atoms with Crippen molar-refractivity contribution in [2.75, 3.05) is 11.9 Å². The number of rotatable bonds is 5. The summed E-state index contributed by atoms with van der Waals surface area (Å²) in [6.07, 6.45) is 3.00. The molecular formula is C21H22F3N3OS. The SMILES string of the molecule is CC1=NCC(c2csc(Nc3ccc(OC4CCCC4)c(C(F)(F)F)c3)n2)C=C1. The number of dihydropyridines is 1. The Morgan fingerprint density at radius 3 is 2.69 bits per heavy atom. The topological polar surface area (TPSA) is 46.5 Å². The summed E-state index contributed by atoms with van der Waals surface area (Å²) in [5.74, 6) is -0.00576. The van der Waals surface area contributed by atoms with Gasteiger partial charge in [0.1, 0.15) is 5.75 Å². The maximum Gasteiger partial charge on any atom is 0.420 e. The monoisotopic (exact) mass is 421 g/mol. The highest BCUT2D eigenvalue weighted by atomic mass is 32.1. The Kier molecular flexibility index (Phi) is 5.63. The van der Waals surface area contributed by atoms with Gasteiger partial charge in [0.15, 0.2) is 5.13 Å². The third-order valence-electron chi connectivity index (χ3n) is 5.14. The maximum absolute atomic E-state index is 13.6. The Hall–Kier alpha value is -2.35. The average molecular weight is 421 g/mol. The van der Waals surface area contributed by atoms with E-state index in [0.717, 1.165) is 43.2 Å². The molecule has 0 saturated heterocycles. The molecule has 2 aromatic rings. The molecule has 1 aliphatic heterocycles. The third kappa shape index (κ3) is 4.80. The van der Waals surface area contributed by atoms with E-state index in [0.29, 0.717) is 17.4 Å². The van der Waals surface area contributed by atoms with Crippen molar-refractivity contribution in [3.05, 3.63) is 47.0 Å². The molecule has 1 saturated carbocycles. The van der Waals surface area contributed by atoms with Gasteiger partial charge in [0.05, 0.1) is 23.9 Å². The highest BCUT2D eigenvalue weighted by Gasteiger charge is 2.35. The standard InChI is InChI=1S/C21H22F3N3OS/c1-13-6-7-14(11-25-13)18-12-29-20(27-18)26-15-8-9-19(17(10-15)21(22,23)24)28-16-4-2-3-5-16/h6-10,12,14,16H,2-5,11H2,1H3,(H,26,27). The third-order valence-corrected chi connectivity index (χ3v) is 5.92. The molecular weight excluding hydrogens is 399 g/mol. The zero-order valence-electron chi connectivity index (χ0n) is 16.0. The molecule has 29 heavy (non-hydrogen) atoms. The molecule has 4 nitrogen and oxygen atoms in total. The number of alkyl halides is 3. The molecule has 0 bridgehead atoms. The first-order chi connectivity index (χ1) is 13.9. The van der Waals surface area contributed by atoms with Gasteiger partial charge in [-0.1, -0.05) is 6.08 Å². The van der Waals surface area contributed by atoms with Crippen LogP contribution in [-0.4, -0.2) is 23.3 Å². The first kappa shape index (κ1) is 19.9. The number of aliphatic imine (C=N–C) groups is 1. The fourth-order valence-corrected chi connectivity index (χ4v) is 4.35. The van der Waals surface area contributed by atoms with E-state index in [4.69, 9.17) is 4.74 Å². The smallest absolute Gasteiger partial charge is 0.420 e. The van der Waals surface area contributed by atoms with Gasteiger partial charge in [0, 0.05) is 22.7 Å². The fraction of sp³-hybridized carbons (Fsp3) is 0.429. The quantitative estimate of drug-likeness (QED) is 0.613. The first-order valence-electron chi connectivity index (χ1n) is 9.68. The molecule has 1 unspecified atom stereocenters. The van der Waals surface area contributed by atoms with Gasteiger partial charge in [-0.3, -0.25) is 4.99 Å². The highest BCUT2D eigenvalue weighted by Crippen LogP contribution is 2.40. The number of halogens is 3. The van der Waals surface area contributed by atoms with E-state index in [1.807, 2.05) is 18.4 Å². The molecule has 154 valence electrons. The lowest BCUT2D eigenvalue weighted by molar-refractivity contribution is -0.139. The number of aromatic nitrogens is 1. The minimum Gasteiger partial charge on any atom is -0.490 e. The lowest BCUT2D eigenvalue weighted by Gasteiger charge is -2.19. The van der Waals surface area contributed by atoms with E-state index in [1.54, 1.807) is 6.07 Å². The van der Waals surface area contributed by atoms with E-state index < -0.39 is 11.7 Å². The van der Waals surface area contributed by atoms with Gasteiger partial charge in [-0.05, 0) is 56.9 Å². The molecule has 0 amide bonds. The number of nitrogens with zero attached hydrogens (tertiary/aromatic N) is 2. The second-order valence-electron chi connectivity index (χ2n) is 7.38. The van der Waals surface area contributed by atoms with Crippen LogP contribution in [0.2, 0.25) is 0 Å². The minimum absolute atomic E-state index is 0.0958. The Morgan fingerprint density at radius 2 is 2.00 bits per heavy atom. The summed E-state index contributed by atoms with van der Waals surface area (Å²) >= 11 is 1.37. The molecule has 0 radical (unpaired) electrons. The van der Waals surface area contributed by atoms with Crippen LogP contribution in [0.5, 0.6) is 5.75 Å². The van der Waals surface area contributed by atoms with E-state index in [9.17, 15) is 13.2 Å². The lowest BCUT2D eigenvalue weighted by Crippen LogP contribution is -2.15. The Bertz CT molecular complexity index is 929. The molecule has 1 atom stereocenters. The molecule has 1 fully saturated rings. The maximum atomic E-state index is 13.6. The van der Waals surface area contributed by atoms with E-state index >= 15 is 0 Å². The van der Waals surface area contributed by atoms with Crippen molar-refractivity contribution in [1.82, 2.24) is 4.98 Å². The van der Waals surface area contributed by atoms with Gasteiger partial charge >= 0.3 is 6.18 Å². The number of ether oxygens (including phenoxy) is 1. The van der Waals surface area contributed by atoms with Gasteiger partial charge in [-0.2, -0.15) is 13.2 Å². The highest BCUT2D eigenvalue weighted by molar-refractivity contribution is 7.13. The fourth-order valence-electron chi connectivity index (χ4n) is 3.56. The summed E-state index contributed by atoms with van der Waals surface area (Å²) in [6.45, 7) is 2.58. The summed E-state index contributed by atoms with van der Waals surface area (Å²) in [5, 5.41) is 5.46. The molecule has 0 spiro atoms. The summed E-state index contributed by atoms with van der Waals surface area (Å²) in [4.78, 5) is 8.93. The minimum atomic E-state index is -4.48. The normalized spacial score (nSPS) is 20.0. The van der Waals surface area contributed by atoms with Crippen LogP contribution in [0.25, 0.3) is 0 Å². The van der Waals surface area contributed by atoms with Crippen LogP contribution in [0.4, 0.5) is 24.0 Å². The number of thiazole rings is 1. The number of anilines is 2. The lowest BCUT2D eigenvalue weighted by atomic mass is 10.0. The largest absolute Gasteiger partial charge is 0.490 e. The van der Waals surface area contributed by atoms with Crippen LogP contribution in [-0.2, 0) is 6.18 Å². The molecule has 8 heteroatoms. The van der Waals surface area contributed by atoms with Gasteiger partial charge in [-0.15, -0.1) is 11.3 Å². The summed E-state index contributed by atoms with van der Waals surface area (Å²) in [5.41, 5.74) is 1.42. The van der Waals surface area contributed by atoms with Gasteiger partial charge in [-0.25, -0.2) is 4.98 Å². The number of nitrogens with one attached hydrogen (secondary N) is 1. The number of benzene rings is 1. The van der Waals surface area contributed by atoms with Crippen molar-refractivity contribution < 1.29 is 17.9 Å². The molecule has 2 heterocycles. The predicted octanol–water partition coefficient (Wildman–Crippen LogP) is 6.34. The number of allylic oxidation sites excluding steroid dienone is 1. The summed E-state index contributed by atoms with van der Waals surface area (Å²) in [6, 6.07) is 4.10. The molecule has 1 aliphatic carbocycles. The van der Waals surface area contributed by atoms with Gasteiger partial charge in [0.25, 0.3) is 0 Å². The Labute approximate surface area is 171 Å².